The molecule has 0 bridgehead atoms. The molecule has 1 aromatic carbocycles. The van der Waals surface area contributed by atoms with E-state index in [0.29, 0.717) is 34.4 Å². The van der Waals surface area contributed by atoms with Gasteiger partial charge in [-0.25, -0.2) is 4.98 Å². The number of imidazole rings is 1. The van der Waals surface area contributed by atoms with Crippen LogP contribution in [0.15, 0.2) is 30.3 Å². The predicted octanol–water partition coefficient (Wildman–Crippen LogP) is 3.44. The van der Waals surface area contributed by atoms with Crippen LogP contribution in [0, 0.1) is 0 Å². The van der Waals surface area contributed by atoms with Gasteiger partial charge in [-0.1, -0.05) is 35.9 Å². The van der Waals surface area contributed by atoms with Gasteiger partial charge in [-0.05, 0) is 44.2 Å². The van der Waals surface area contributed by atoms with Gasteiger partial charge in [-0.2, -0.15) is 4.98 Å². The lowest BCUT2D eigenvalue weighted by Gasteiger charge is -2.37. The van der Waals surface area contributed by atoms with E-state index in [1.807, 2.05) is 35.2 Å². The zero-order valence-electron chi connectivity index (χ0n) is 16.8. The Balaban J connectivity index is 1.37. The quantitative estimate of drug-likeness (QED) is 0.576. The molecule has 30 heavy (non-hydrogen) atoms. The van der Waals surface area contributed by atoms with Crippen molar-refractivity contribution in [3.63, 3.8) is 0 Å². The zero-order chi connectivity index (χ0) is 20.9. The second kappa shape index (κ2) is 7.50. The van der Waals surface area contributed by atoms with Crippen molar-refractivity contribution in [3.8, 4) is 17.3 Å². The van der Waals surface area contributed by atoms with Crippen LogP contribution in [0.3, 0.4) is 0 Å². The third kappa shape index (κ3) is 3.56. The zero-order valence-corrected chi connectivity index (χ0v) is 17.6. The highest BCUT2D eigenvalue weighted by atomic mass is 35.5. The highest BCUT2D eigenvalue weighted by molar-refractivity contribution is 6.33. The monoisotopic (exact) mass is 428 g/mol. The molecule has 0 radical (unpaired) electrons. The third-order valence-corrected chi connectivity index (χ3v) is 6.55. The van der Waals surface area contributed by atoms with Gasteiger partial charge < -0.3 is 19.9 Å². The lowest BCUT2D eigenvalue weighted by Crippen LogP contribution is -2.33. The number of pyridine rings is 1. The van der Waals surface area contributed by atoms with Crippen LogP contribution < -0.4 is 4.74 Å². The summed E-state index contributed by atoms with van der Waals surface area (Å²) in [5, 5.41) is 20.7. The van der Waals surface area contributed by atoms with Gasteiger partial charge in [0.05, 0.1) is 21.8 Å². The average molecular weight is 429 g/mol. The molecule has 2 aromatic heterocycles. The molecular formula is C22H25ClN4O3. The van der Waals surface area contributed by atoms with E-state index >= 15 is 0 Å². The molecule has 5 rings (SSSR count). The van der Waals surface area contributed by atoms with E-state index in [1.54, 1.807) is 6.92 Å². The van der Waals surface area contributed by atoms with Crippen LogP contribution in [-0.2, 0) is 5.60 Å². The first kappa shape index (κ1) is 19.8. The fraction of sp³-hybridized carbons (Fsp3) is 0.455. The van der Waals surface area contributed by atoms with Crippen molar-refractivity contribution < 1.29 is 14.9 Å². The molecule has 8 heteroatoms. The summed E-state index contributed by atoms with van der Waals surface area (Å²) in [4.78, 5) is 14.2. The van der Waals surface area contributed by atoms with E-state index in [0.717, 1.165) is 43.4 Å². The summed E-state index contributed by atoms with van der Waals surface area (Å²) in [6.45, 7) is 3.21. The van der Waals surface area contributed by atoms with Gasteiger partial charge in [-0.3, -0.25) is 4.90 Å². The predicted molar refractivity (Wildman–Crippen MR) is 114 cm³/mol. The molecule has 0 spiro atoms. The van der Waals surface area contributed by atoms with Crippen LogP contribution in [-0.4, -0.2) is 55.5 Å². The Hall–Kier alpha value is -2.19. The summed E-state index contributed by atoms with van der Waals surface area (Å²) in [6, 6.07) is 10.00. The topological polar surface area (TPSA) is 94.5 Å². The molecule has 1 aliphatic heterocycles. The fourth-order valence-electron chi connectivity index (χ4n) is 4.24. The Kier molecular flexibility index (Phi) is 4.94. The highest BCUT2D eigenvalue weighted by Crippen LogP contribution is 2.41. The van der Waals surface area contributed by atoms with Gasteiger partial charge >= 0.3 is 0 Å². The number of ether oxygens (including phenoxy) is 1. The molecule has 2 aliphatic rings. The molecule has 158 valence electrons. The maximum absolute atomic E-state index is 10.5. The number of rotatable bonds is 5. The Morgan fingerprint density at radius 1 is 1.27 bits per heavy atom. The van der Waals surface area contributed by atoms with E-state index in [9.17, 15) is 10.2 Å². The number of nitrogens with zero attached hydrogens (tertiary/aromatic N) is 3. The van der Waals surface area contributed by atoms with Gasteiger partial charge in [0.2, 0.25) is 0 Å². The van der Waals surface area contributed by atoms with Crippen molar-refractivity contribution >= 4 is 22.8 Å². The van der Waals surface area contributed by atoms with Crippen molar-refractivity contribution in [2.24, 2.45) is 0 Å². The second-order valence-corrected chi connectivity index (χ2v) is 8.76. The van der Waals surface area contributed by atoms with Crippen molar-refractivity contribution in [3.05, 3.63) is 40.9 Å². The van der Waals surface area contributed by atoms with Gasteiger partial charge in [-0.15, -0.1) is 0 Å². The maximum Gasteiger partial charge on any atom is 0.296 e. The Morgan fingerprint density at radius 2 is 2.03 bits per heavy atom. The average Bonchev–Trinajstić information content (AvgIpc) is 3.32. The number of likely N-dealkylation sites (tertiary alicyclic amines) is 1. The molecule has 1 unspecified atom stereocenters. The van der Waals surface area contributed by atoms with Gasteiger partial charge in [0.1, 0.15) is 12.3 Å². The third-order valence-electron chi connectivity index (χ3n) is 6.26. The number of hydrogen-bond acceptors (Lipinski definition) is 6. The van der Waals surface area contributed by atoms with Crippen LogP contribution in [0.4, 0.5) is 0 Å². The van der Waals surface area contributed by atoms with Crippen molar-refractivity contribution in [1.29, 1.82) is 0 Å². The second-order valence-electron chi connectivity index (χ2n) is 8.35. The number of aromatic amines is 1. The number of H-pyrrole nitrogens is 1. The summed E-state index contributed by atoms with van der Waals surface area (Å²) in [5.74, 6) is 0. The summed E-state index contributed by atoms with van der Waals surface area (Å²) in [7, 11) is 0. The lowest BCUT2D eigenvalue weighted by molar-refractivity contribution is -0.0387. The summed E-state index contributed by atoms with van der Waals surface area (Å²) < 4.78 is 5.97. The van der Waals surface area contributed by atoms with Gasteiger partial charge in [0.25, 0.3) is 6.01 Å². The number of halogens is 1. The fourth-order valence-corrected chi connectivity index (χ4v) is 4.50. The summed E-state index contributed by atoms with van der Waals surface area (Å²) in [5.41, 5.74) is 3.03. The number of fused-ring (bicyclic) bond motifs is 1. The van der Waals surface area contributed by atoms with E-state index in [4.69, 9.17) is 16.3 Å². The molecule has 2 atom stereocenters. The van der Waals surface area contributed by atoms with Crippen molar-refractivity contribution in [1.82, 2.24) is 19.9 Å². The van der Waals surface area contributed by atoms with Gasteiger partial charge in [0.15, 0.2) is 5.65 Å². The highest BCUT2D eigenvalue weighted by Gasteiger charge is 2.36. The van der Waals surface area contributed by atoms with E-state index < -0.39 is 11.8 Å². The van der Waals surface area contributed by atoms with Crippen LogP contribution >= 0.6 is 11.6 Å². The molecule has 1 saturated heterocycles. The number of aliphatic hydroxyl groups excluding tert-OH is 1. The number of nitrogens with one attached hydrogen (secondary N) is 1. The lowest BCUT2D eigenvalue weighted by atomic mass is 9.75. The van der Waals surface area contributed by atoms with Crippen molar-refractivity contribution in [2.75, 3.05) is 13.1 Å². The molecule has 0 amide bonds. The van der Waals surface area contributed by atoms with Crippen LogP contribution in [0.1, 0.15) is 38.2 Å². The Morgan fingerprint density at radius 3 is 2.67 bits per heavy atom. The molecule has 3 heterocycles. The van der Waals surface area contributed by atoms with Crippen LogP contribution in [0.5, 0.6) is 6.01 Å². The number of hydrogen-bond donors (Lipinski definition) is 3. The maximum atomic E-state index is 10.5. The van der Waals surface area contributed by atoms with Crippen molar-refractivity contribution in [2.45, 2.75) is 50.5 Å². The minimum absolute atomic E-state index is 0.0278. The van der Waals surface area contributed by atoms with Crippen LogP contribution in [0.2, 0.25) is 5.02 Å². The van der Waals surface area contributed by atoms with E-state index in [1.165, 1.54) is 0 Å². The minimum atomic E-state index is -0.683. The number of aromatic nitrogens is 3. The first-order valence-corrected chi connectivity index (χ1v) is 10.8. The van der Waals surface area contributed by atoms with E-state index in [2.05, 4.69) is 15.0 Å². The Labute approximate surface area is 179 Å². The van der Waals surface area contributed by atoms with E-state index in [-0.39, 0.29) is 6.10 Å². The molecule has 3 aromatic rings. The van der Waals surface area contributed by atoms with Crippen LogP contribution in [0.25, 0.3) is 22.4 Å². The summed E-state index contributed by atoms with van der Waals surface area (Å²) in [6.07, 6.45) is 3.00. The molecular weight excluding hydrogens is 404 g/mol. The normalized spacial score (nSPS) is 22.2. The molecule has 2 fully saturated rings. The number of aliphatic hydroxyl groups is 2. The van der Waals surface area contributed by atoms with Gasteiger partial charge in [0, 0.05) is 18.7 Å². The Bertz CT molecular complexity index is 1060. The largest absolute Gasteiger partial charge is 0.460 e. The number of benzene rings is 1. The molecule has 3 N–H and O–H groups in total. The molecule has 7 nitrogen and oxygen atoms in total. The smallest absolute Gasteiger partial charge is 0.296 e. The minimum Gasteiger partial charge on any atom is -0.460 e. The first-order chi connectivity index (χ1) is 14.4. The SMILES string of the molecule is CC(O)N1CC[C@H](Oc2nc3nc(-c4ccc(C5(O)CCC5)cc4)c(Cl)cc3[nH]2)C1. The summed E-state index contributed by atoms with van der Waals surface area (Å²) >= 11 is 6.50. The molecule has 1 aliphatic carbocycles. The standard InChI is InChI=1S/C22H25ClN4O3/c1-13(28)27-10-7-16(12-27)30-21-24-18-11-17(23)19(25-20(18)26-21)14-3-5-15(6-4-14)22(29)8-2-9-22/h3-6,11,13,16,28-29H,2,7-10,12H2,1H3,(H,24,25,26)/t13?,16-/m0/s1. The molecule has 1 saturated carbocycles. The first-order valence-electron chi connectivity index (χ1n) is 10.4.